The van der Waals surface area contributed by atoms with Crippen LogP contribution in [0.3, 0.4) is 0 Å². The number of ether oxygens (including phenoxy) is 2. The van der Waals surface area contributed by atoms with E-state index >= 15 is 0 Å². The van der Waals surface area contributed by atoms with Crippen molar-refractivity contribution in [2.24, 2.45) is 7.05 Å². The van der Waals surface area contributed by atoms with Crippen LogP contribution < -0.4 is 10.4 Å². The quantitative estimate of drug-likeness (QED) is 0.729. The van der Waals surface area contributed by atoms with Gasteiger partial charge in [0.05, 0.1) is 13.7 Å². The normalized spacial score (nSPS) is 14.1. The first kappa shape index (κ1) is 17.6. The lowest BCUT2D eigenvalue weighted by Crippen LogP contribution is -2.23. The lowest BCUT2D eigenvalue weighted by Gasteiger charge is -2.14. The van der Waals surface area contributed by atoms with Crippen LogP contribution in [0.25, 0.3) is 0 Å². The van der Waals surface area contributed by atoms with Gasteiger partial charge in [0.25, 0.3) is 0 Å². The van der Waals surface area contributed by atoms with Gasteiger partial charge in [0.1, 0.15) is 17.1 Å². The van der Waals surface area contributed by atoms with Gasteiger partial charge in [0.15, 0.2) is 5.78 Å². The van der Waals surface area contributed by atoms with Crippen molar-refractivity contribution < 1.29 is 19.1 Å². The topological polar surface area (TPSA) is 105 Å². The van der Waals surface area contributed by atoms with E-state index in [2.05, 4.69) is 10.4 Å². The molecule has 0 bridgehead atoms. The number of carbonyl (C=O) groups is 2. The second-order valence-electron chi connectivity index (χ2n) is 5.90. The van der Waals surface area contributed by atoms with Crippen LogP contribution in [0.15, 0.2) is 34.8 Å². The summed E-state index contributed by atoms with van der Waals surface area (Å²) in [5, 5.41) is 7.40. The number of ketones is 1. The van der Waals surface area contributed by atoms with Crippen LogP contribution in [0.1, 0.15) is 35.2 Å². The van der Waals surface area contributed by atoms with Crippen molar-refractivity contribution >= 4 is 11.8 Å². The maximum Gasteiger partial charge on any atom is 0.363 e. The molecule has 3 rings (SSSR count). The highest BCUT2D eigenvalue weighted by molar-refractivity contribution is 5.95. The van der Waals surface area contributed by atoms with E-state index in [9.17, 15) is 14.4 Å². The molecule has 1 heterocycles. The Morgan fingerprint density at radius 2 is 2.04 bits per heavy atom. The first-order valence-electron chi connectivity index (χ1n) is 8.07. The first-order valence-corrected chi connectivity index (χ1v) is 8.07. The van der Waals surface area contributed by atoms with Gasteiger partial charge < -0.3 is 9.47 Å². The van der Waals surface area contributed by atoms with E-state index in [0.29, 0.717) is 36.3 Å². The fraction of sp³-hybridized carbons (Fsp3) is 0.353. The third-order valence-electron chi connectivity index (χ3n) is 3.99. The number of rotatable bonds is 5. The lowest BCUT2D eigenvalue weighted by molar-refractivity contribution is -0.115. The molecule has 9 heteroatoms. The summed E-state index contributed by atoms with van der Waals surface area (Å²) in [5.74, 6) is 0.0393. The van der Waals surface area contributed by atoms with Crippen molar-refractivity contribution in [1.29, 1.82) is 0 Å². The smallest absolute Gasteiger partial charge is 0.363 e. The van der Waals surface area contributed by atoms with Crippen molar-refractivity contribution in [3.63, 3.8) is 0 Å². The summed E-state index contributed by atoms with van der Waals surface area (Å²) in [6.07, 6.45) is 3.05. The standard InChI is InChI=1S/C17H18N4O5/c1-20-17(24)21(19-18-20)10-11-6-7-14(15(8-11)25-2)16(23)26-13-5-3-4-12(22)9-13/h6-9H,3-5,10H2,1-2H3. The van der Waals surface area contributed by atoms with Crippen LogP contribution in [0.5, 0.6) is 5.75 Å². The van der Waals surface area contributed by atoms with Crippen LogP contribution in [0.2, 0.25) is 0 Å². The summed E-state index contributed by atoms with van der Waals surface area (Å²) in [5.41, 5.74) is 0.607. The number of hydrogen-bond acceptors (Lipinski definition) is 7. The number of aromatic nitrogens is 4. The van der Waals surface area contributed by atoms with Crippen LogP contribution in [-0.4, -0.2) is 38.7 Å². The number of nitrogens with zero attached hydrogens (tertiary/aromatic N) is 4. The summed E-state index contributed by atoms with van der Waals surface area (Å²) < 4.78 is 12.9. The molecule has 1 aliphatic carbocycles. The number of hydrogen-bond donors (Lipinski definition) is 0. The molecule has 136 valence electrons. The third-order valence-corrected chi connectivity index (χ3v) is 3.99. The highest BCUT2D eigenvalue weighted by atomic mass is 16.5. The van der Waals surface area contributed by atoms with Crippen molar-refractivity contribution in [3.05, 3.63) is 51.6 Å². The minimum absolute atomic E-state index is 0.0456. The molecule has 0 unspecified atom stereocenters. The SMILES string of the molecule is COc1cc(Cn2nnn(C)c2=O)ccc1C(=O)OC1=CC(=O)CCC1. The highest BCUT2D eigenvalue weighted by Crippen LogP contribution is 2.24. The van der Waals surface area contributed by atoms with E-state index in [-0.39, 0.29) is 23.6 Å². The van der Waals surface area contributed by atoms with Gasteiger partial charge in [-0.25, -0.2) is 9.59 Å². The molecule has 1 aromatic carbocycles. The van der Waals surface area contributed by atoms with Crippen LogP contribution in [0.4, 0.5) is 0 Å². The maximum atomic E-state index is 12.4. The Bertz CT molecular complexity index is 941. The minimum atomic E-state index is -0.592. The van der Waals surface area contributed by atoms with E-state index in [1.807, 2.05) is 0 Å². The van der Waals surface area contributed by atoms with E-state index < -0.39 is 5.97 Å². The van der Waals surface area contributed by atoms with Crippen molar-refractivity contribution in [3.8, 4) is 5.75 Å². The van der Waals surface area contributed by atoms with E-state index in [1.54, 1.807) is 18.2 Å². The van der Waals surface area contributed by atoms with E-state index in [1.165, 1.54) is 24.9 Å². The number of carbonyl (C=O) groups excluding carboxylic acids is 2. The minimum Gasteiger partial charge on any atom is -0.496 e. The molecule has 0 N–H and O–H groups in total. The Labute approximate surface area is 148 Å². The summed E-state index contributed by atoms with van der Waals surface area (Å²) in [7, 11) is 2.95. The highest BCUT2D eigenvalue weighted by Gasteiger charge is 2.19. The number of esters is 1. The van der Waals surface area contributed by atoms with Crippen LogP contribution in [0, 0.1) is 0 Å². The predicted octanol–water partition coefficient (Wildman–Crippen LogP) is 0.827. The molecular formula is C17H18N4O5. The first-order chi connectivity index (χ1) is 12.5. The molecule has 1 aromatic heterocycles. The lowest BCUT2D eigenvalue weighted by atomic mass is 10.1. The second kappa shape index (κ2) is 7.34. The summed E-state index contributed by atoms with van der Waals surface area (Å²) in [6, 6.07) is 4.88. The van der Waals surface area contributed by atoms with E-state index in [4.69, 9.17) is 9.47 Å². The third kappa shape index (κ3) is 3.71. The van der Waals surface area contributed by atoms with Gasteiger partial charge in [0, 0.05) is 26.0 Å². The Morgan fingerprint density at radius 1 is 1.23 bits per heavy atom. The fourth-order valence-electron chi connectivity index (χ4n) is 2.64. The molecule has 0 saturated heterocycles. The number of methoxy groups -OCH3 is 1. The number of tetrazole rings is 1. The van der Waals surface area contributed by atoms with Gasteiger partial charge in [-0.2, -0.15) is 9.36 Å². The van der Waals surface area contributed by atoms with Gasteiger partial charge in [-0.05, 0) is 34.5 Å². The Hall–Kier alpha value is -3.23. The number of allylic oxidation sites excluding steroid dienone is 2. The zero-order chi connectivity index (χ0) is 18.7. The Balaban J connectivity index is 1.80. The van der Waals surface area contributed by atoms with Gasteiger partial charge in [-0.15, -0.1) is 0 Å². The summed E-state index contributed by atoms with van der Waals surface area (Å²) in [6.45, 7) is 0.192. The Kier molecular flexibility index (Phi) is 4.97. The van der Waals surface area contributed by atoms with Crippen LogP contribution >= 0.6 is 0 Å². The van der Waals surface area contributed by atoms with Gasteiger partial charge in [0.2, 0.25) is 0 Å². The number of aryl methyl sites for hydroxylation is 1. The molecule has 2 aromatic rings. The zero-order valence-electron chi connectivity index (χ0n) is 14.5. The monoisotopic (exact) mass is 358 g/mol. The largest absolute Gasteiger partial charge is 0.496 e. The average Bonchev–Trinajstić information content (AvgIpc) is 2.93. The summed E-state index contributed by atoms with van der Waals surface area (Å²) in [4.78, 5) is 35.6. The fourth-order valence-corrected chi connectivity index (χ4v) is 2.64. The molecule has 0 saturated carbocycles. The van der Waals surface area contributed by atoms with Crippen molar-refractivity contribution in [2.75, 3.05) is 7.11 Å². The van der Waals surface area contributed by atoms with Gasteiger partial charge in [-0.3, -0.25) is 4.79 Å². The van der Waals surface area contributed by atoms with Crippen LogP contribution in [-0.2, 0) is 23.1 Å². The second-order valence-corrected chi connectivity index (χ2v) is 5.90. The molecule has 0 radical (unpaired) electrons. The summed E-state index contributed by atoms with van der Waals surface area (Å²) >= 11 is 0. The molecule has 0 spiro atoms. The zero-order valence-corrected chi connectivity index (χ0v) is 14.5. The molecule has 0 atom stereocenters. The predicted molar refractivity (Wildman–Crippen MR) is 89.7 cm³/mol. The van der Waals surface area contributed by atoms with Crippen molar-refractivity contribution in [1.82, 2.24) is 19.8 Å². The molecule has 9 nitrogen and oxygen atoms in total. The molecule has 0 amide bonds. The molecule has 1 aliphatic rings. The molecule has 0 aliphatic heterocycles. The average molecular weight is 358 g/mol. The van der Waals surface area contributed by atoms with Gasteiger partial charge >= 0.3 is 11.7 Å². The molecular weight excluding hydrogens is 340 g/mol. The molecule has 26 heavy (non-hydrogen) atoms. The van der Waals surface area contributed by atoms with Crippen molar-refractivity contribution in [2.45, 2.75) is 25.8 Å². The Morgan fingerprint density at radius 3 is 2.69 bits per heavy atom. The maximum absolute atomic E-state index is 12.4. The molecule has 0 fully saturated rings. The van der Waals surface area contributed by atoms with E-state index in [0.717, 1.165) is 4.68 Å². The van der Waals surface area contributed by atoms with Gasteiger partial charge in [-0.1, -0.05) is 6.07 Å². The number of benzene rings is 1.